The lowest BCUT2D eigenvalue weighted by Crippen LogP contribution is -2.68. The summed E-state index contributed by atoms with van der Waals surface area (Å²) >= 11 is 0. The first kappa shape index (κ1) is 17.4. The molecule has 0 aliphatic carbocycles. The molecular formula is C21H25N5O2. The number of amides is 2. The van der Waals surface area contributed by atoms with Crippen molar-refractivity contribution in [2.45, 2.75) is 31.5 Å². The number of fused-ring (bicyclic) bond motifs is 2. The number of aryl methyl sites for hydroxylation is 1. The molecule has 0 spiro atoms. The Labute approximate surface area is 164 Å². The minimum absolute atomic E-state index is 0.126. The van der Waals surface area contributed by atoms with Crippen molar-refractivity contribution in [2.24, 2.45) is 7.05 Å². The summed E-state index contributed by atoms with van der Waals surface area (Å²) in [5.41, 5.74) is 3.23. The van der Waals surface area contributed by atoms with E-state index in [1.807, 2.05) is 39.7 Å². The first-order valence-electron chi connectivity index (χ1n) is 10.0. The second-order valence-corrected chi connectivity index (χ2v) is 8.01. The lowest BCUT2D eigenvalue weighted by atomic mass is 10.0. The van der Waals surface area contributed by atoms with Gasteiger partial charge in [-0.2, -0.15) is 5.10 Å². The van der Waals surface area contributed by atoms with E-state index in [-0.39, 0.29) is 23.9 Å². The smallest absolute Gasteiger partial charge is 0.247 e. The predicted octanol–water partition coefficient (Wildman–Crippen LogP) is 1.10. The van der Waals surface area contributed by atoms with Crippen molar-refractivity contribution in [3.8, 4) is 11.3 Å². The number of aromatic nitrogens is 2. The van der Waals surface area contributed by atoms with Gasteiger partial charge in [-0.15, -0.1) is 0 Å². The van der Waals surface area contributed by atoms with E-state index in [4.69, 9.17) is 0 Å². The molecule has 5 rings (SSSR count). The summed E-state index contributed by atoms with van der Waals surface area (Å²) in [6, 6.07) is 9.63. The molecule has 146 valence electrons. The average Bonchev–Trinajstić information content (AvgIpc) is 3.34. The number of hydrogen-bond acceptors (Lipinski definition) is 4. The topological polar surface area (TPSA) is 61.7 Å². The number of benzene rings is 1. The van der Waals surface area contributed by atoms with E-state index < -0.39 is 0 Å². The van der Waals surface area contributed by atoms with Crippen LogP contribution in [0.5, 0.6) is 0 Å². The molecule has 3 aliphatic rings. The van der Waals surface area contributed by atoms with Gasteiger partial charge < -0.3 is 9.80 Å². The fourth-order valence-corrected chi connectivity index (χ4v) is 4.86. The van der Waals surface area contributed by atoms with Gasteiger partial charge in [-0.25, -0.2) is 0 Å². The molecule has 3 saturated heterocycles. The Balaban J connectivity index is 1.36. The molecule has 2 aromatic rings. The van der Waals surface area contributed by atoms with Crippen molar-refractivity contribution in [1.29, 1.82) is 0 Å². The summed E-state index contributed by atoms with van der Waals surface area (Å²) in [6.45, 7) is 3.45. The van der Waals surface area contributed by atoms with Gasteiger partial charge in [0.25, 0.3) is 0 Å². The van der Waals surface area contributed by atoms with Crippen LogP contribution in [-0.2, 0) is 23.2 Å². The van der Waals surface area contributed by atoms with E-state index in [2.05, 4.69) is 28.3 Å². The molecule has 2 atom stereocenters. The van der Waals surface area contributed by atoms with Gasteiger partial charge in [-0.05, 0) is 12.8 Å². The van der Waals surface area contributed by atoms with Gasteiger partial charge in [0.1, 0.15) is 12.1 Å². The van der Waals surface area contributed by atoms with Crippen LogP contribution in [0.25, 0.3) is 11.3 Å². The maximum atomic E-state index is 13.0. The highest BCUT2D eigenvalue weighted by Crippen LogP contribution is 2.30. The molecule has 0 unspecified atom stereocenters. The van der Waals surface area contributed by atoms with Crippen molar-refractivity contribution >= 4 is 11.8 Å². The van der Waals surface area contributed by atoms with Crippen LogP contribution in [0, 0.1) is 0 Å². The maximum absolute atomic E-state index is 13.0. The number of carbonyl (C=O) groups is 2. The summed E-state index contributed by atoms with van der Waals surface area (Å²) in [4.78, 5) is 31.7. The van der Waals surface area contributed by atoms with Gasteiger partial charge in [0.2, 0.25) is 11.8 Å². The zero-order valence-electron chi connectivity index (χ0n) is 16.1. The molecule has 7 heteroatoms. The standard InChI is InChI=1S/C21H25N5O2/c1-23-12-16(19(22-23)15-6-3-2-4-7-15)13-24-10-11-26-18(14-24)21(28)25-9-5-8-17(25)20(26)27/h2-4,6-7,12,17-18H,5,8-11,13-14H2,1H3/t17-,18-/m1/s1. The highest BCUT2D eigenvalue weighted by atomic mass is 16.2. The first-order valence-corrected chi connectivity index (χ1v) is 10.0. The second-order valence-electron chi connectivity index (χ2n) is 8.01. The van der Waals surface area contributed by atoms with E-state index in [1.54, 1.807) is 0 Å². The van der Waals surface area contributed by atoms with Crippen LogP contribution in [0.1, 0.15) is 18.4 Å². The average molecular weight is 379 g/mol. The lowest BCUT2D eigenvalue weighted by Gasteiger charge is -2.47. The van der Waals surface area contributed by atoms with Gasteiger partial charge in [0, 0.05) is 57.1 Å². The minimum Gasteiger partial charge on any atom is -0.329 e. The fraction of sp³-hybridized carbons (Fsp3) is 0.476. The quantitative estimate of drug-likeness (QED) is 0.801. The highest BCUT2D eigenvalue weighted by molar-refractivity contribution is 5.97. The van der Waals surface area contributed by atoms with E-state index in [0.29, 0.717) is 13.1 Å². The second kappa shape index (κ2) is 6.74. The van der Waals surface area contributed by atoms with Crippen molar-refractivity contribution in [1.82, 2.24) is 24.5 Å². The number of carbonyl (C=O) groups excluding carboxylic acids is 2. The minimum atomic E-state index is -0.340. The normalized spacial score (nSPS) is 25.2. The van der Waals surface area contributed by atoms with Crippen molar-refractivity contribution in [2.75, 3.05) is 26.2 Å². The van der Waals surface area contributed by atoms with Crippen molar-refractivity contribution in [3.63, 3.8) is 0 Å². The van der Waals surface area contributed by atoms with Crippen LogP contribution in [0.2, 0.25) is 0 Å². The largest absolute Gasteiger partial charge is 0.329 e. The molecule has 1 aromatic carbocycles. The third-order valence-corrected chi connectivity index (χ3v) is 6.20. The van der Waals surface area contributed by atoms with Crippen LogP contribution >= 0.6 is 0 Å². The molecule has 2 amide bonds. The summed E-state index contributed by atoms with van der Waals surface area (Å²) < 4.78 is 1.85. The van der Waals surface area contributed by atoms with Crippen LogP contribution in [0.3, 0.4) is 0 Å². The monoisotopic (exact) mass is 379 g/mol. The maximum Gasteiger partial charge on any atom is 0.247 e. The Bertz CT molecular complexity index is 909. The third-order valence-electron chi connectivity index (χ3n) is 6.20. The number of nitrogens with zero attached hydrogens (tertiary/aromatic N) is 5. The molecular weight excluding hydrogens is 354 g/mol. The summed E-state index contributed by atoms with van der Waals surface area (Å²) in [6.07, 6.45) is 3.80. The molecule has 3 aliphatic heterocycles. The Morgan fingerprint density at radius 2 is 1.75 bits per heavy atom. The Morgan fingerprint density at radius 3 is 2.57 bits per heavy atom. The van der Waals surface area contributed by atoms with E-state index in [1.165, 1.54) is 0 Å². The van der Waals surface area contributed by atoms with E-state index in [0.717, 1.165) is 49.3 Å². The molecule has 1 aromatic heterocycles. The summed E-state index contributed by atoms with van der Waals surface area (Å²) in [5, 5.41) is 4.65. The Kier molecular flexibility index (Phi) is 4.19. The van der Waals surface area contributed by atoms with Gasteiger partial charge in [0.15, 0.2) is 0 Å². The molecule has 0 bridgehead atoms. The van der Waals surface area contributed by atoms with Gasteiger partial charge in [-0.3, -0.25) is 19.2 Å². The number of hydrogen-bond donors (Lipinski definition) is 0. The zero-order chi connectivity index (χ0) is 19.3. The Morgan fingerprint density at radius 1 is 1.00 bits per heavy atom. The van der Waals surface area contributed by atoms with E-state index >= 15 is 0 Å². The highest BCUT2D eigenvalue weighted by Gasteiger charge is 2.49. The molecule has 0 saturated carbocycles. The van der Waals surface area contributed by atoms with E-state index in [9.17, 15) is 9.59 Å². The van der Waals surface area contributed by atoms with Crippen molar-refractivity contribution < 1.29 is 9.59 Å². The van der Waals surface area contributed by atoms with Crippen molar-refractivity contribution in [3.05, 3.63) is 42.1 Å². The zero-order valence-corrected chi connectivity index (χ0v) is 16.1. The molecule has 7 nitrogen and oxygen atoms in total. The summed E-state index contributed by atoms with van der Waals surface area (Å²) in [5.74, 6) is 0.273. The first-order chi connectivity index (χ1) is 13.6. The van der Waals surface area contributed by atoms with Gasteiger partial charge in [0.05, 0.1) is 5.69 Å². The third kappa shape index (κ3) is 2.81. The molecule has 0 radical (unpaired) electrons. The SMILES string of the molecule is Cn1cc(CN2CCN3C(=O)[C@H]4CCCN4C(=O)[C@H]3C2)c(-c2ccccc2)n1. The molecule has 3 fully saturated rings. The molecule has 0 N–H and O–H groups in total. The summed E-state index contributed by atoms with van der Waals surface area (Å²) in [7, 11) is 1.94. The van der Waals surface area contributed by atoms with Gasteiger partial charge in [-0.1, -0.05) is 30.3 Å². The van der Waals surface area contributed by atoms with Crippen LogP contribution in [0.15, 0.2) is 36.5 Å². The lowest BCUT2D eigenvalue weighted by molar-refractivity contribution is -0.163. The molecule has 4 heterocycles. The fourth-order valence-electron chi connectivity index (χ4n) is 4.86. The number of piperazine rings is 2. The molecule has 28 heavy (non-hydrogen) atoms. The van der Waals surface area contributed by atoms with Crippen LogP contribution in [-0.4, -0.2) is 74.6 Å². The Hall–Kier alpha value is -2.67. The predicted molar refractivity (Wildman–Crippen MR) is 104 cm³/mol. The van der Waals surface area contributed by atoms with Crippen LogP contribution in [0.4, 0.5) is 0 Å². The number of rotatable bonds is 3. The van der Waals surface area contributed by atoms with Gasteiger partial charge >= 0.3 is 0 Å². The van der Waals surface area contributed by atoms with Crippen LogP contribution < -0.4 is 0 Å².